The molecule has 2 aromatic rings. The van der Waals surface area contributed by atoms with Gasteiger partial charge in [0.1, 0.15) is 12.1 Å². The lowest BCUT2D eigenvalue weighted by atomic mass is 9.79. The normalized spacial score (nSPS) is 22.1. The maximum Gasteiger partial charge on any atom is 0.258 e. The van der Waals surface area contributed by atoms with Crippen LogP contribution in [0.3, 0.4) is 0 Å². The lowest BCUT2D eigenvalue weighted by molar-refractivity contribution is 0.0534. The first-order chi connectivity index (χ1) is 13.9. The molecule has 2 saturated heterocycles. The number of carbonyl (C=O) groups is 2. The Kier molecular flexibility index (Phi) is 5.27. The van der Waals surface area contributed by atoms with Crippen molar-refractivity contribution in [1.29, 1.82) is 0 Å². The van der Waals surface area contributed by atoms with E-state index in [2.05, 4.69) is 27.2 Å². The molecule has 1 aromatic carbocycles. The van der Waals surface area contributed by atoms with Crippen LogP contribution in [-0.4, -0.2) is 64.8 Å². The van der Waals surface area contributed by atoms with E-state index in [1.54, 1.807) is 0 Å². The van der Waals surface area contributed by atoms with Gasteiger partial charge >= 0.3 is 0 Å². The van der Waals surface area contributed by atoms with Crippen LogP contribution >= 0.6 is 0 Å². The minimum atomic E-state index is -0.567. The first-order valence-electron chi connectivity index (χ1n) is 9.79. The summed E-state index contributed by atoms with van der Waals surface area (Å²) in [4.78, 5) is 37.1. The van der Waals surface area contributed by atoms with Gasteiger partial charge in [-0.05, 0) is 51.1 Å². The number of nitrogens with one attached hydrogen (secondary N) is 1. The largest absolute Gasteiger partial charge is 0.338 e. The lowest BCUT2D eigenvalue weighted by Crippen LogP contribution is -2.47. The summed E-state index contributed by atoms with van der Waals surface area (Å²) >= 11 is 0. The van der Waals surface area contributed by atoms with Gasteiger partial charge in [0.05, 0.1) is 5.56 Å². The van der Waals surface area contributed by atoms with Gasteiger partial charge in [0.15, 0.2) is 0 Å². The number of hydrogen-bond acceptors (Lipinski definition) is 5. The van der Waals surface area contributed by atoms with Crippen molar-refractivity contribution in [2.45, 2.75) is 19.3 Å². The summed E-state index contributed by atoms with van der Waals surface area (Å²) in [6.45, 7) is 3.39. The van der Waals surface area contributed by atoms with E-state index in [1.165, 1.54) is 36.9 Å². The van der Waals surface area contributed by atoms with E-state index < -0.39 is 11.7 Å². The number of amides is 2. The van der Waals surface area contributed by atoms with Crippen molar-refractivity contribution in [3.63, 3.8) is 0 Å². The molecule has 2 aliphatic rings. The average molecular weight is 397 g/mol. The molecule has 1 spiro atoms. The highest BCUT2D eigenvalue weighted by molar-refractivity contribution is 6.04. The van der Waals surface area contributed by atoms with E-state index in [4.69, 9.17) is 0 Å². The summed E-state index contributed by atoms with van der Waals surface area (Å²) in [5, 5.41) is 2.62. The molecule has 2 fully saturated rings. The van der Waals surface area contributed by atoms with E-state index in [-0.39, 0.29) is 28.1 Å². The molecule has 2 amide bonds. The van der Waals surface area contributed by atoms with Gasteiger partial charge in [0.25, 0.3) is 11.8 Å². The number of hydrogen-bond donors (Lipinski definition) is 1. The van der Waals surface area contributed by atoms with Crippen LogP contribution in [0.2, 0.25) is 0 Å². The molecular weight excluding hydrogens is 373 g/mol. The van der Waals surface area contributed by atoms with E-state index in [0.717, 1.165) is 32.4 Å². The smallest absolute Gasteiger partial charge is 0.258 e. The minimum Gasteiger partial charge on any atom is -0.338 e. The zero-order valence-electron chi connectivity index (χ0n) is 16.4. The maximum atomic E-state index is 14.2. The number of carbonyl (C=O) groups excluding carboxylic acids is 2. The van der Waals surface area contributed by atoms with Crippen molar-refractivity contribution >= 4 is 17.5 Å². The second-order valence-corrected chi connectivity index (χ2v) is 8.13. The molecule has 0 radical (unpaired) electrons. The number of rotatable bonds is 3. The lowest BCUT2D eigenvalue weighted by Gasteiger charge is -2.40. The molecule has 2 aliphatic heterocycles. The Hall–Kier alpha value is -2.87. The highest BCUT2D eigenvalue weighted by Gasteiger charge is 2.41. The van der Waals surface area contributed by atoms with Gasteiger partial charge in [0.2, 0.25) is 0 Å². The van der Waals surface area contributed by atoms with Crippen molar-refractivity contribution in [2.24, 2.45) is 5.41 Å². The van der Waals surface area contributed by atoms with Gasteiger partial charge in [-0.25, -0.2) is 14.4 Å². The molecular formula is C21H24FN5O2. The highest BCUT2D eigenvalue weighted by atomic mass is 19.1. The Bertz CT molecular complexity index is 919. The number of anilines is 1. The second-order valence-electron chi connectivity index (χ2n) is 8.13. The molecule has 1 aromatic heterocycles. The van der Waals surface area contributed by atoms with Gasteiger partial charge in [-0.2, -0.15) is 0 Å². The van der Waals surface area contributed by atoms with Crippen LogP contribution < -0.4 is 5.32 Å². The van der Waals surface area contributed by atoms with Gasteiger partial charge in [0, 0.05) is 48.7 Å². The molecule has 0 saturated carbocycles. The zero-order valence-corrected chi connectivity index (χ0v) is 16.4. The third-order valence-electron chi connectivity index (χ3n) is 5.80. The number of nitrogens with zero attached hydrogens (tertiary/aromatic N) is 4. The fourth-order valence-corrected chi connectivity index (χ4v) is 4.46. The Labute approximate surface area is 168 Å². The van der Waals surface area contributed by atoms with Crippen molar-refractivity contribution in [1.82, 2.24) is 19.8 Å². The molecule has 7 nitrogen and oxygen atoms in total. The Morgan fingerprint density at radius 3 is 2.59 bits per heavy atom. The summed E-state index contributed by atoms with van der Waals surface area (Å²) < 4.78 is 14.2. The molecule has 152 valence electrons. The van der Waals surface area contributed by atoms with Gasteiger partial charge in [-0.1, -0.05) is 0 Å². The van der Waals surface area contributed by atoms with Crippen LogP contribution in [0.4, 0.5) is 10.1 Å². The second kappa shape index (κ2) is 7.87. The fourth-order valence-electron chi connectivity index (χ4n) is 4.46. The molecule has 29 heavy (non-hydrogen) atoms. The standard InChI is InChI=1S/C21H24FN5O2/c1-26-6-4-21(12-26)3-2-5-27(13-21)20(29)15-7-17(22)9-18(8-15)25-19(28)16-10-23-14-24-11-16/h7-11,14H,2-6,12-13H2,1H3,(H,25,28). The summed E-state index contributed by atoms with van der Waals surface area (Å²) in [5.41, 5.74) is 0.871. The summed E-state index contributed by atoms with van der Waals surface area (Å²) in [7, 11) is 2.11. The van der Waals surface area contributed by atoms with Crippen LogP contribution in [0, 0.1) is 11.2 Å². The molecule has 1 unspecified atom stereocenters. The third-order valence-corrected chi connectivity index (χ3v) is 5.80. The Morgan fingerprint density at radius 1 is 1.07 bits per heavy atom. The SMILES string of the molecule is CN1CCC2(CCCN(C(=O)c3cc(F)cc(NC(=O)c4cncnc4)c3)C2)C1. The predicted octanol–water partition coefficient (Wildman–Crippen LogP) is 2.43. The van der Waals surface area contributed by atoms with Crippen molar-refractivity contribution < 1.29 is 14.0 Å². The average Bonchev–Trinajstić information content (AvgIpc) is 3.07. The quantitative estimate of drug-likeness (QED) is 0.861. The minimum absolute atomic E-state index is 0.139. The van der Waals surface area contributed by atoms with E-state index >= 15 is 0 Å². The van der Waals surface area contributed by atoms with Crippen molar-refractivity contribution in [2.75, 3.05) is 38.5 Å². The Morgan fingerprint density at radius 2 is 1.86 bits per heavy atom. The number of likely N-dealkylation sites (tertiary alicyclic amines) is 2. The van der Waals surface area contributed by atoms with E-state index in [1.807, 2.05) is 4.90 Å². The summed E-state index contributed by atoms with van der Waals surface area (Å²) in [5.74, 6) is -1.22. The van der Waals surface area contributed by atoms with Gasteiger partial charge in [-0.15, -0.1) is 0 Å². The topological polar surface area (TPSA) is 78.4 Å². The number of piperidine rings is 1. The van der Waals surface area contributed by atoms with E-state index in [0.29, 0.717) is 13.1 Å². The molecule has 3 heterocycles. The molecule has 0 aliphatic carbocycles. The predicted molar refractivity (Wildman–Crippen MR) is 106 cm³/mol. The van der Waals surface area contributed by atoms with Crippen LogP contribution in [0.15, 0.2) is 36.9 Å². The molecule has 8 heteroatoms. The molecule has 0 bridgehead atoms. The van der Waals surface area contributed by atoms with Crippen molar-refractivity contribution in [3.05, 3.63) is 53.9 Å². The number of halogens is 1. The Balaban J connectivity index is 1.51. The van der Waals surface area contributed by atoms with Crippen molar-refractivity contribution in [3.8, 4) is 0 Å². The van der Waals surface area contributed by atoms with Crippen LogP contribution in [0.5, 0.6) is 0 Å². The van der Waals surface area contributed by atoms with Crippen LogP contribution in [0.25, 0.3) is 0 Å². The molecule has 4 rings (SSSR count). The van der Waals surface area contributed by atoms with Crippen LogP contribution in [0.1, 0.15) is 40.0 Å². The maximum absolute atomic E-state index is 14.2. The van der Waals surface area contributed by atoms with Gasteiger partial charge in [-0.3, -0.25) is 9.59 Å². The first kappa shape index (κ1) is 19.4. The zero-order chi connectivity index (χ0) is 20.4. The number of aromatic nitrogens is 2. The highest BCUT2D eigenvalue weighted by Crippen LogP contribution is 2.38. The van der Waals surface area contributed by atoms with Crippen LogP contribution in [-0.2, 0) is 0 Å². The molecule has 1 N–H and O–H groups in total. The van der Waals surface area contributed by atoms with E-state index in [9.17, 15) is 14.0 Å². The first-order valence-corrected chi connectivity index (χ1v) is 9.79. The monoisotopic (exact) mass is 397 g/mol. The van der Waals surface area contributed by atoms with Gasteiger partial charge < -0.3 is 15.1 Å². The molecule has 1 atom stereocenters. The fraction of sp³-hybridized carbons (Fsp3) is 0.429. The number of benzene rings is 1. The third kappa shape index (κ3) is 4.27. The summed E-state index contributed by atoms with van der Waals surface area (Å²) in [6, 6.07) is 3.95. The summed E-state index contributed by atoms with van der Waals surface area (Å²) in [6.07, 6.45) is 7.22.